The second kappa shape index (κ2) is 25.2. The van der Waals surface area contributed by atoms with E-state index < -0.39 is 0 Å². The molecule has 18 aromatic carbocycles. The summed E-state index contributed by atoms with van der Waals surface area (Å²) in [5.74, 6) is 0. The molecule has 0 saturated heterocycles. The highest BCUT2D eigenvalue weighted by Gasteiger charge is 2.37. The maximum Gasteiger partial charge on any atom is 0.143 e. The number of aromatic nitrogens is 1. The van der Waals surface area contributed by atoms with Gasteiger partial charge >= 0.3 is 0 Å². The van der Waals surface area contributed by atoms with Crippen molar-refractivity contribution in [1.29, 1.82) is 0 Å². The molecule has 22 aromatic rings. The van der Waals surface area contributed by atoms with Crippen LogP contribution < -0.4 is 9.80 Å². The van der Waals surface area contributed by atoms with E-state index in [0.29, 0.717) is 0 Å². The average Bonchev–Trinajstić information content (AvgIpc) is 1.81. The third kappa shape index (κ3) is 10.3. The molecule has 23 rings (SSSR count). The van der Waals surface area contributed by atoms with E-state index in [9.17, 15) is 0 Å². The number of rotatable bonds is 12. The molecule has 0 bridgehead atoms. The number of para-hydroxylation sites is 5. The van der Waals surface area contributed by atoms with Crippen molar-refractivity contribution in [3.05, 3.63) is 393 Å². The summed E-state index contributed by atoms with van der Waals surface area (Å²) in [6.45, 7) is 4.77. The van der Waals surface area contributed by atoms with Crippen LogP contribution in [-0.2, 0) is 5.41 Å². The molecule has 0 amide bonds. The lowest BCUT2D eigenvalue weighted by molar-refractivity contribution is 0.660. The van der Waals surface area contributed by atoms with Gasteiger partial charge in [0.25, 0.3) is 0 Å². The number of benzene rings is 18. The van der Waals surface area contributed by atoms with E-state index >= 15 is 0 Å². The molecule has 0 spiro atoms. The summed E-state index contributed by atoms with van der Waals surface area (Å²) in [5.41, 5.74) is 31.4. The lowest BCUT2D eigenvalue weighted by atomic mass is 9.82. The molecule has 4 aromatic heterocycles. The van der Waals surface area contributed by atoms with E-state index in [2.05, 4.69) is 392 Å². The van der Waals surface area contributed by atoms with Crippen molar-refractivity contribution in [2.75, 3.05) is 9.80 Å². The minimum atomic E-state index is -0.293. The number of fused-ring (bicyclic) bond motifs is 17. The molecule has 1 aliphatic carbocycles. The largest absolute Gasteiger partial charge is 0.456 e. The first-order valence-corrected chi connectivity index (χ1v) is 38.8. The zero-order valence-electron chi connectivity index (χ0n) is 61.9. The van der Waals surface area contributed by atoms with Gasteiger partial charge in [-0.2, -0.15) is 0 Å². The highest BCUT2D eigenvalue weighted by molar-refractivity contribution is 6.13. The molecule has 1 aliphatic rings. The van der Waals surface area contributed by atoms with Crippen molar-refractivity contribution in [1.82, 2.24) is 4.57 Å². The Morgan fingerprint density at radius 1 is 0.221 bits per heavy atom. The summed E-state index contributed by atoms with van der Waals surface area (Å²) in [6.07, 6.45) is 0. The van der Waals surface area contributed by atoms with Gasteiger partial charge in [0.1, 0.15) is 33.5 Å². The number of nitrogens with zero attached hydrogens (tertiary/aromatic N) is 3. The van der Waals surface area contributed by atoms with Crippen molar-refractivity contribution in [2.45, 2.75) is 19.3 Å². The van der Waals surface area contributed by atoms with Gasteiger partial charge in [0, 0.05) is 93.9 Å². The van der Waals surface area contributed by atoms with Crippen LogP contribution in [0.25, 0.3) is 182 Å². The van der Waals surface area contributed by atoms with E-state index in [0.717, 1.165) is 139 Å². The van der Waals surface area contributed by atoms with E-state index in [1.165, 1.54) is 88.0 Å². The predicted octanol–water partition coefficient (Wildman–Crippen LogP) is 30.4. The molecule has 0 aliphatic heterocycles. The number of furan rings is 3. The van der Waals surface area contributed by atoms with Crippen LogP contribution in [0.5, 0.6) is 0 Å². The second-order valence-corrected chi connectivity index (χ2v) is 30.7. The van der Waals surface area contributed by atoms with Crippen LogP contribution in [0.15, 0.2) is 395 Å². The predicted molar refractivity (Wildman–Crippen MR) is 472 cm³/mol. The maximum atomic E-state index is 6.89. The fourth-order valence-corrected chi connectivity index (χ4v) is 18.4. The summed E-state index contributed by atoms with van der Waals surface area (Å²) in [6, 6.07) is 139. The van der Waals surface area contributed by atoms with Gasteiger partial charge < -0.3 is 27.6 Å². The Morgan fingerprint density at radius 3 is 1.23 bits per heavy atom. The van der Waals surface area contributed by atoms with E-state index in [-0.39, 0.29) is 5.41 Å². The summed E-state index contributed by atoms with van der Waals surface area (Å²) >= 11 is 0. The molecule has 6 heteroatoms. The summed E-state index contributed by atoms with van der Waals surface area (Å²) in [5, 5.41) is 13.9. The Kier molecular flexibility index (Phi) is 14.3. The average molecular weight is 1440 g/mol. The fourth-order valence-electron chi connectivity index (χ4n) is 18.4. The maximum absolute atomic E-state index is 6.89. The first kappa shape index (κ1) is 64.3. The van der Waals surface area contributed by atoms with Gasteiger partial charge in [0.15, 0.2) is 0 Å². The Hall–Kier alpha value is -14.7. The summed E-state index contributed by atoms with van der Waals surface area (Å²) < 4.78 is 22.0. The summed E-state index contributed by atoms with van der Waals surface area (Å²) in [7, 11) is 0. The van der Waals surface area contributed by atoms with E-state index in [1.54, 1.807) is 0 Å². The number of anilines is 6. The van der Waals surface area contributed by atoms with Gasteiger partial charge in [-0.05, 0) is 239 Å². The molecular weight excluding hydrogens is 1380 g/mol. The first-order chi connectivity index (χ1) is 55.7. The van der Waals surface area contributed by atoms with Gasteiger partial charge in [-0.3, -0.25) is 0 Å². The Balaban J connectivity index is 0.552. The van der Waals surface area contributed by atoms with Crippen LogP contribution in [-0.4, -0.2) is 4.57 Å². The van der Waals surface area contributed by atoms with E-state index in [1.807, 2.05) is 18.2 Å². The highest BCUT2D eigenvalue weighted by Crippen LogP contribution is 2.53. The van der Waals surface area contributed by atoms with Gasteiger partial charge in [0.05, 0.1) is 11.0 Å². The van der Waals surface area contributed by atoms with Crippen molar-refractivity contribution >= 4 is 143 Å². The third-order valence-corrected chi connectivity index (χ3v) is 24.0. The lowest BCUT2D eigenvalue weighted by Crippen LogP contribution is -2.17. The van der Waals surface area contributed by atoms with Gasteiger partial charge in [-0.25, -0.2) is 0 Å². The SMILES string of the molecule is CC1(C)c2cc(N(c3ccc(-c4cccc5cc(-c6ccc7oc8c(-c9ccc(N(c%10ccc(-c%11ccc%12oc%13ccccc%13c%12c%11)cc%10)c%10ccc(-c%11cccc%12ccccc%11%12)cc%10)cc9)cccc8c7c6)ccc45)cc3)c3ccc4oc5ccccc5c4c3)ccc2-c2ccc(-n3c4ccccc4c4ccccc43)cc21. The molecule has 530 valence electrons. The topological polar surface area (TPSA) is 50.8 Å². The zero-order valence-corrected chi connectivity index (χ0v) is 61.9. The van der Waals surface area contributed by atoms with Crippen LogP contribution in [0, 0.1) is 0 Å². The zero-order chi connectivity index (χ0) is 74.6. The summed E-state index contributed by atoms with van der Waals surface area (Å²) in [4.78, 5) is 4.76. The molecule has 0 atom stereocenters. The van der Waals surface area contributed by atoms with Gasteiger partial charge in [-0.1, -0.05) is 250 Å². The Morgan fingerprint density at radius 2 is 0.602 bits per heavy atom. The Bertz CT molecular complexity index is 7580. The fraction of sp³-hybridized carbons (Fsp3) is 0.0280. The Labute approximate surface area is 651 Å². The van der Waals surface area contributed by atoms with Crippen molar-refractivity contribution in [3.63, 3.8) is 0 Å². The van der Waals surface area contributed by atoms with Crippen LogP contribution in [0.2, 0.25) is 0 Å². The standard InChI is InChI=1S/C107H69N3O3/c1-107(2)97-64-80(51-55-87(97)88-56-52-81(65-98(88)107)110-99-28-9-5-20-89(99)90-21-6-10-29-100(90)110)109(79-53-59-104-96(63-79)92-23-8-12-31-102(92)112-104)78-47-36-69(37-48-78)84-25-14-18-74-60-71(40-54-85(74)84)73-42-58-105-95(62-73)93-27-15-26-86(106(93)113-105)70-38-49-77(50-39-70)108(76-45-34-68(35-46-76)83-24-13-17-67-16-3-4-19-82(67)83)75-43-32-66(33-44-75)72-41-57-103-94(61-72)91-22-7-11-30-101(91)111-103/h3-65H,1-2H3. The molecule has 6 nitrogen and oxygen atoms in total. The minimum absolute atomic E-state index is 0.293. The molecule has 0 radical (unpaired) electrons. The molecule has 0 saturated carbocycles. The van der Waals surface area contributed by atoms with Crippen molar-refractivity contribution < 1.29 is 13.3 Å². The van der Waals surface area contributed by atoms with Gasteiger partial charge in [-0.15, -0.1) is 0 Å². The quantitative estimate of drug-likeness (QED) is 0.122. The van der Waals surface area contributed by atoms with Crippen molar-refractivity contribution in [2.24, 2.45) is 0 Å². The second-order valence-electron chi connectivity index (χ2n) is 30.7. The monoisotopic (exact) mass is 1440 g/mol. The molecule has 4 heterocycles. The van der Waals surface area contributed by atoms with Crippen LogP contribution in [0.3, 0.4) is 0 Å². The normalized spacial score (nSPS) is 12.6. The molecule has 0 N–H and O–H groups in total. The lowest BCUT2D eigenvalue weighted by Gasteiger charge is -2.28. The smallest absolute Gasteiger partial charge is 0.143 e. The van der Waals surface area contributed by atoms with Gasteiger partial charge in [0.2, 0.25) is 0 Å². The van der Waals surface area contributed by atoms with Crippen LogP contribution >= 0.6 is 0 Å². The molecule has 0 unspecified atom stereocenters. The van der Waals surface area contributed by atoms with Crippen LogP contribution in [0.4, 0.5) is 34.1 Å². The molecule has 0 fully saturated rings. The highest BCUT2D eigenvalue weighted by atomic mass is 16.3. The molecule has 113 heavy (non-hydrogen) atoms. The molecular formula is C107H69N3O3. The first-order valence-electron chi connectivity index (χ1n) is 38.8. The third-order valence-electron chi connectivity index (χ3n) is 24.0. The number of hydrogen-bond donors (Lipinski definition) is 0. The minimum Gasteiger partial charge on any atom is -0.456 e. The van der Waals surface area contributed by atoms with Crippen molar-refractivity contribution in [3.8, 4) is 72.4 Å². The van der Waals surface area contributed by atoms with Crippen LogP contribution in [0.1, 0.15) is 25.0 Å². The van der Waals surface area contributed by atoms with E-state index in [4.69, 9.17) is 13.3 Å². The number of hydrogen-bond acceptors (Lipinski definition) is 5.